The summed E-state index contributed by atoms with van der Waals surface area (Å²) in [6.45, 7) is 13.8. The van der Waals surface area contributed by atoms with Crippen LogP contribution in [-0.4, -0.2) is 67.4 Å². The Labute approximate surface area is 293 Å². The van der Waals surface area contributed by atoms with E-state index < -0.39 is 39.6 Å². The summed E-state index contributed by atoms with van der Waals surface area (Å²) in [7, 11) is -2.36. The largest absolute Gasteiger partial charge is 0.497 e. The van der Waals surface area contributed by atoms with Gasteiger partial charge in [0.25, 0.3) is 0 Å². The van der Waals surface area contributed by atoms with E-state index in [0.29, 0.717) is 18.8 Å². The van der Waals surface area contributed by atoms with Crippen molar-refractivity contribution in [2.45, 2.75) is 89.9 Å². The van der Waals surface area contributed by atoms with E-state index in [9.17, 15) is 13.2 Å². The SMILES string of the molecule is COc1ccc(S(=O)(=O)N(CC(C)C)C[C@H]2OC(C)(C)N(C(=O)OC(C)(C)C)[C@H]2Cc2ccc(OCc3ccccc3I)cc2)cc1. The fourth-order valence-electron chi connectivity index (χ4n) is 5.63. The molecule has 9 nitrogen and oxygen atoms in total. The van der Waals surface area contributed by atoms with Crippen LogP contribution in [0.4, 0.5) is 4.79 Å². The summed E-state index contributed by atoms with van der Waals surface area (Å²) < 4.78 is 54.3. The lowest BCUT2D eigenvalue weighted by Gasteiger charge is -2.35. The van der Waals surface area contributed by atoms with Crippen LogP contribution in [-0.2, 0) is 32.5 Å². The standard InChI is InChI=1S/C36H47IN2O7S/c1-25(2)22-38(47(41,42)30-19-17-28(43-8)18-20-30)23-33-32(39(36(6,7)45-33)34(40)46-35(3,4)5)21-26-13-15-29(16-14-26)44-24-27-11-9-10-12-31(27)37/h9-20,25,32-33H,21-24H2,1-8H3/t32-,33+/m0/s1. The maximum absolute atomic E-state index is 14.0. The first-order valence-corrected chi connectivity index (χ1v) is 18.3. The Morgan fingerprint density at radius 3 is 2.19 bits per heavy atom. The minimum atomic E-state index is -3.90. The normalized spacial score (nSPS) is 18.1. The van der Waals surface area contributed by atoms with Crippen molar-refractivity contribution in [3.05, 3.63) is 87.5 Å². The van der Waals surface area contributed by atoms with Crippen LogP contribution >= 0.6 is 22.6 Å². The van der Waals surface area contributed by atoms with Gasteiger partial charge in [-0.25, -0.2) is 13.2 Å². The molecule has 47 heavy (non-hydrogen) atoms. The van der Waals surface area contributed by atoms with Crippen molar-refractivity contribution >= 4 is 38.7 Å². The summed E-state index contributed by atoms with van der Waals surface area (Å²) in [5, 5.41) is 0. The molecule has 1 aliphatic heterocycles. The van der Waals surface area contributed by atoms with Gasteiger partial charge >= 0.3 is 6.09 Å². The second kappa shape index (κ2) is 15.1. The molecule has 3 aromatic carbocycles. The molecule has 4 rings (SSSR count). The number of carbonyl (C=O) groups excluding carboxylic acids is 1. The van der Waals surface area contributed by atoms with Crippen molar-refractivity contribution in [1.82, 2.24) is 9.21 Å². The molecule has 0 aromatic heterocycles. The lowest BCUT2D eigenvalue weighted by molar-refractivity contribution is -0.0806. The summed E-state index contributed by atoms with van der Waals surface area (Å²) in [4.78, 5) is 15.5. The third-order valence-electron chi connectivity index (χ3n) is 7.74. The molecule has 0 radical (unpaired) electrons. The topological polar surface area (TPSA) is 94.6 Å². The molecule has 0 bridgehead atoms. The zero-order chi connectivity index (χ0) is 34.6. The second-order valence-corrected chi connectivity index (χ2v) is 16.7. The molecular formula is C36H47IN2O7S. The molecule has 0 spiro atoms. The molecule has 1 fully saturated rings. The van der Waals surface area contributed by atoms with Crippen LogP contribution in [0.5, 0.6) is 11.5 Å². The lowest BCUT2D eigenvalue weighted by atomic mass is 9.99. The lowest BCUT2D eigenvalue weighted by Crippen LogP contribution is -2.52. The number of halogens is 1. The predicted molar refractivity (Wildman–Crippen MR) is 191 cm³/mol. The fraction of sp³-hybridized carbons (Fsp3) is 0.472. The average molecular weight is 779 g/mol. The number of hydrogen-bond acceptors (Lipinski definition) is 7. The molecule has 1 heterocycles. The molecule has 0 N–H and O–H groups in total. The van der Waals surface area contributed by atoms with E-state index in [2.05, 4.69) is 22.6 Å². The number of ether oxygens (including phenoxy) is 4. The van der Waals surface area contributed by atoms with Gasteiger partial charge < -0.3 is 18.9 Å². The van der Waals surface area contributed by atoms with Crippen LogP contribution in [0.15, 0.2) is 77.7 Å². The van der Waals surface area contributed by atoms with Gasteiger partial charge in [-0.3, -0.25) is 4.90 Å². The van der Waals surface area contributed by atoms with E-state index in [0.717, 1.165) is 20.4 Å². The van der Waals surface area contributed by atoms with Gasteiger partial charge in [-0.2, -0.15) is 4.31 Å². The van der Waals surface area contributed by atoms with Gasteiger partial charge in [-0.15, -0.1) is 0 Å². The number of amides is 1. The summed E-state index contributed by atoms with van der Waals surface area (Å²) in [5.41, 5.74) is 0.270. The first-order valence-electron chi connectivity index (χ1n) is 15.8. The number of carbonyl (C=O) groups is 1. The van der Waals surface area contributed by atoms with E-state index in [1.165, 1.54) is 11.4 Å². The molecule has 0 saturated carbocycles. The first-order chi connectivity index (χ1) is 22.0. The van der Waals surface area contributed by atoms with Crippen molar-refractivity contribution in [3.63, 3.8) is 0 Å². The zero-order valence-corrected chi connectivity index (χ0v) is 31.5. The Balaban J connectivity index is 1.63. The number of methoxy groups -OCH3 is 1. The number of hydrogen-bond donors (Lipinski definition) is 0. The molecule has 0 aliphatic carbocycles. The minimum Gasteiger partial charge on any atom is -0.497 e. The highest BCUT2D eigenvalue weighted by atomic mass is 127. The highest BCUT2D eigenvalue weighted by Gasteiger charge is 2.52. The van der Waals surface area contributed by atoms with Crippen molar-refractivity contribution in [3.8, 4) is 11.5 Å². The monoisotopic (exact) mass is 778 g/mol. The third kappa shape index (κ3) is 9.61. The Kier molecular flexibility index (Phi) is 11.9. The number of rotatable bonds is 12. The summed E-state index contributed by atoms with van der Waals surface area (Å²) in [6.07, 6.45) is -0.733. The van der Waals surface area contributed by atoms with E-state index in [1.807, 2.05) is 97.0 Å². The van der Waals surface area contributed by atoms with Crippen LogP contribution in [0.25, 0.3) is 0 Å². The van der Waals surface area contributed by atoms with Crippen LogP contribution in [0.2, 0.25) is 0 Å². The fourth-order valence-corrected chi connectivity index (χ4v) is 7.79. The number of sulfonamides is 1. The summed E-state index contributed by atoms with van der Waals surface area (Å²) in [5.74, 6) is 1.34. The van der Waals surface area contributed by atoms with Crippen LogP contribution in [0.1, 0.15) is 59.6 Å². The molecule has 1 saturated heterocycles. The van der Waals surface area contributed by atoms with E-state index in [-0.39, 0.29) is 23.9 Å². The Hall–Kier alpha value is -2.87. The highest BCUT2D eigenvalue weighted by Crippen LogP contribution is 2.37. The van der Waals surface area contributed by atoms with Gasteiger partial charge in [0.05, 0.1) is 24.2 Å². The van der Waals surface area contributed by atoms with E-state index in [1.54, 1.807) is 29.2 Å². The molecule has 256 valence electrons. The predicted octanol–water partition coefficient (Wildman–Crippen LogP) is 7.51. The summed E-state index contributed by atoms with van der Waals surface area (Å²) >= 11 is 2.30. The van der Waals surface area contributed by atoms with E-state index >= 15 is 0 Å². The molecule has 1 amide bonds. The van der Waals surface area contributed by atoms with Crippen molar-refractivity contribution in [1.29, 1.82) is 0 Å². The third-order valence-corrected chi connectivity index (χ3v) is 10.6. The van der Waals surface area contributed by atoms with E-state index in [4.69, 9.17) is 18.9 Å². The zero-order valence-electron chi connectivity index (χ0n) is 28.5. The Morgan fingerprint density at radius 1 is 1.00 bits per heavy atom. The van der Waals surface area contributed by atoms with Gasteiger partial charge in [-0.1, -0.05) is 44.2 Å². The molecule has 11 heteroatoms. The maximum atomic E-state index is 14.0. The van der Waals surface area contributed by atoms with Crippen LogP contribution in [0, 0.1) is 9.49 Å². The highest BCUT2D eigenvalue weighted by molar-refractivity contribution is 14.1. The second-order valence-electron chi connectivity index (χ2n) is 13.6. The van der Waals surface area contributed by atoms with Crippen molar-refractivity contribution in [2.24, 2.45) is 5.92 Å². The Morgan fingerprint density at radius 2 is 1.62 bits per heavy atom. The molecule has 2 atom stereocenters. The number of nitrogens with zero attached hydrogens (tertiary/aromatic N) is 2. The van der Waals surface area contributed by atoms with Crippen LogP contribution in [0.3, 0.4) is 0 Å². The molecule has 3 aromatic rings. The van der Waals surface area contributed by atoms with Gasteiger partial charge in [0.15, 0.2) is 0 Å². The molecule has 1 aliphatic rings. The van der Waals surface area contributed by atoms with Gasteiger partial charge in [-0.05, 0) is 118 Å². The molecule has 0 unspecified atom stereocenters. The quantitative estimate of drug-likeness (QED) is 0.176. The average Bonchev–Trinajstić information content (AvgIpc) is 3.24. The van der Waals surface area contributed by atoms with Crippen molar-refractivity contribution < 1.29 is 32.2 Å². The van der Waals surface area contributed by atoms with Gasteiger partial charge in [0, 0.05) is 22.2 Å². The maximum Gasteiger partial charge on any atom is 0.412 e. The van der Waals surface area contributed by atoms with Gasteiger partial charge in [0.1, 0.15) is 29.4 Å². The van der Waals surface area contributed by atoms with Crippen molar-refractivity contribution in [2.75, 3.05) is 20.2 Å². The van der Waals surface area contributed by atoms with Gasteiger partial charge in [0.2, 0.25) is 10.0 Å². The summed E-state index contributed by atoms with van der Waals surface area (Å²) in [6, 6.07) is 21.7. The Bertz CT molecular complexity index is 1600. The van der Waals surface area contributed by atoms with Crippen LogP contribution < -0.4 is 9.47 Å². The molecular weight excluding hydrogens is 731 g/mol. The number of benzene rings is 3. The first kappa shape index (κ1) is 37.0. The minimum absolute atomic E-state index is 0.0459. The smallest absolute Gasteiger partial charge is 0.412 e.